The summed E-state index contributed by atoms with van der Waals surface area (Å²) in [5, 5.41) is 24.6. The zero-order valence-corrected chi connectivity index (χ0v) is 17.9. The minimum absolute atomic E-state index is 0.0464. The Kier molecular flexibility index (Phi) is 3.02. The summed E-state index contributed by atoms with van der Waals surface area (Å²) in [4.78, 5) is 6.17. The van der Waals surface area contributed by atoms with E-state index in [2.05, 4.69) is 16.0 Å². The number of nitrogens with zero attached hydrogens (tertiary/aromatic N) is 1. The average Bonchev–Trinajstić information content (AvgIpc) is 3.41. The van der Waals surface area contributed by atoms with Gasteiger partial charge in [-0.25, -0.2) is 0 Å². The molecule has 2 fully saturated rings. The zero-order chi connectivity index (χ0) is 21.4. The Morgan fingerprint density at radius 2 is 2.09 bits per heavy atom. The van der Waals surface area contributed by atoms with E-state index in [1.807, 2.05) is 18.2 Å². The second-order valence-electron chi connectivity index (χ2n) is 10.7. The molecule has 2 aliphatic heterocycles. The molecule has 0 radical (unpaired) electrons. The number of fused-ring (bicyclic) bond motifs is 4. The Bertz CT molecular complexity index is 1330. The van der Waals surface area contributed by atoms with Crippen LogP contribution < -0.4 is 10.5 Å². The number of rotatable bonds is 2. The molecule has 5 aliphatic rings. The van der Waals surface area contributed by atoms with Crippen molar-refractivity contribution in [2.45, 2.75) is 55.3 Å². The summed E-state index contributed by atoms with van der Waals surface area (Å²) >= 11 is 0. The molecule has 2 bridgehead atoms. The molecule has 4 atom stereocenters. The topological polar surface area (TPSA) is 94.7 Å². The van der Waals surface area contributed by atoms with Crippen LogP contribution in [0.1, 0.15) is 47.8 Å². The van der Waals surface area contributed by atoms with Crippen molar-refractivity contribution < 1.29 is 14.9 Å². The third kappa shape index (κ3) is 1.88. The molecule has 32 heavy (non-hydrogen) atoms. The molecule has 5 N–H and O–H groups in total. The SMILES string of the molecule is Nc1ccc2[nH]c3c(c2c1)C[C@@]1(O)C2Cc4ccc(O)c5c4[C@@]1(CCN2CC1CC1)[C@H]3O5. The normalized spacial score (nSPS) is 34.3. The maximum Gasteiger partial charge on any atom is 0.166 e. The zero-order valence-electron chi connectivity index (χ0n) is 17.9. The highest BCUT2D eigenvalue weighted by molar-refractivity contribution is 5.88. The van der Waals surface area contributed by atoms with E-state index in [0.29, 0.717) is 12.2 Å². The van der Waals surface area contributed by atoms with Crippen LogP contribution in [0.15, 0.2) is 30.3 Å². The summed E-state index contributed by atoms with van der Waals surface area (Å²) < 4.78 is 6.60. The van der Waals surface area contributed by atoms with Crippen molar-refractivity contribution in [3.8, 4) is 11.5 Å². The molecule has 1 saturated heterocycles. The number of aliphatic hydroxyl groups is 1. The first-order chi connectivity index (χ1) is 15.5. The van der Waals surface area contributed by atoms with Gasteiger partial charge in [0, 0.05) is 41.2 Å². The molecule has 1 aromatic heterocycles. The highest BCUT2D eigenvalue weighted by Gasteiger charge is 2.72. The molecule has 6 heteroatoms. The lowest BCUT2D eigenvalue weighted by molar-refractivity contribution is -0.173. The smallest absolute Gasteiger partial charge is 0.166 e. The van der Waals surface area contributed by atoms with Gasteiger partial charge in [-0.3, -0.25) is 4.90 Å². The maximum absolute atomic E-state index is 12.8. The Morgan fingerprint density at radius 1 is 1.22 bits per heavy atom. The Balaban J connectivity index is 1.42. The third-order valence-corrected chi connectivity index (χ3v) is 9.19. The molecule has 0 amide bonds. The summed E-state index contributed by atoms with van der Waals surface area (Å²) in [7, 11) is 0. The van der Waals surface area contributed by atoms with Crippen molar-refractivity contribution in [2.75, 3.05) is 18.8 Å². The Labute approximate surface area is 186 Å². The van der Waals surface area contributed by atoms with Crippen LogP contribution in [0.3, 0.4) is 0 Å². The van der Waals surface area contributed by atoms with Gasteiger partial charge in [-0.15, -0.1) is 0 Å². The largest absolute Gasteiger partial charge is 0.504 e. The molecule has 3 heterocycles. The van der Waals surface area contributed by atoms with E-state index in [0.717, 1.165) is 65.3 Å². The van der Waals surface area contributed by atoms with Gasteiger partial charge in [0.1, 0.15) is 0 Å². The number of phenolic OH excluding ortho intramolecular Hbond substituents is 1. The molecule has 3 aromatic rings. The number of nitrogens with one attached hydrogen (secondary N) is 1. The second-order valence-corrected chi connectivity index (χ2v) is 10.7. The lowest BCUT2D eigenvalue weighted by atomic mass is 9.49. The van der Waals surface area contributed by atoms with Gasteiger partial charge < -0.3 is 25.7 Å². The summed E-state index contributed by atoms with van der Waals surface area (Å²) in [5.41, 5.74) is 10.8. The molecule has 3 aliphatic carbocycles. The van der Waals surface area contributed by atoms with E-state index in [9.17, 15) is 10.2 Å². The van der Waals surface area contributed by atoms with Gasteiger partial charge in [-0.05, 0) is 73.5 Å². The summed E-state index contributed by atoms with van der Waals surface area (Å²) in [6.07, 6.45) is 4.48. The van der Waals surface area contributed by atoms with Gasteiger partial charge in [-0.1, -0.05) is 6.07 Å². The van der Waals surface area contributed by atoms with Crippen LogP contribution in [-0.4, -0.2) is 44.8 Å². The molecule has 164 valence electrons. The monoisotopic (exact) mass is 429 g/mol. The number of aromatic nitrogens is 1. The van der Waals surface area contributed by atoms with Crippen molar-refractivity contribution in [2.24, 2.45) is 5.92 Å². The van der Waals surface area contributed by atoms with Gasteiger partial charge in [0.25, 0.3) is 0 Å². The number of nitrogen functional groups attached to an aromatic ring is 1. The van der Waals surface area contributed by atoms with Gasteiger partial charge in [0.15, 0.2) is 17.6 Å². The van der Waals surface area contributed by atoms with Crippen molar-refractivity contribution >= 4 is 16.6 Å². The molecule has 1 unspecified atom stereocenters. The van der Waals surface area contributed by atoms with Crippen molar-refractivity contribution in [3.05, 3.63) is 52.7 Å². The van der Waals surface area contributed by atoms with E-state index >= 15 is 0 Å². The number of H-pyrrole nitrogens is 1. The number of hydrogen-bond acceptors (Lipinski definition) is 5. The highest BCUT2D eigenvalue weighted by atomic mass is 16.5. The average molecular weight is 430 g/mol. The van der Waals surface area contributed by atoms with Crippen molar-refractivity contribution in [1.82, 2.24) is 9.88 Å². The molecule has 6 nitrogen and oxygen atoms in total. The Morgan fingerprint density at radius 3 is 2.94 bits per heavy atom. The lowest BCUT2D eigenvalue weighted by Crippen LogP contribution is -2.74. The minimum atomic E-state index is -0.955. The van der Waals surface area contributed by atoms with E-state index in [4.69, 9.17) is 10.5 Å². The summed E-state index contributed by atoms with van der Waals surface area (Å²) in [6, 6.07) is 9.80. The van der Waals surface area contributed by atoms with Gasteiger partial charge in [-0.2, -0.15) is 0 Å². The summed E-state index contributed by atoms with van der Waals surface area (Å²) in [6.45, 7) is 2.03. The van der Waals surface area contributed by atoms with E-state index < -0.39 is 11.0 Å². The molecular formula is C26H27N3O3. The van der Waals surface area contributed by atoms with Crippen LogP contribution in [-0.2, 0) is 18.3 Å². The highest BCUT2D eigenvalue weighted by Crippen LogP contribution is 2.69. The van der Waals surface area contributed by atoms with E-state index in [1.54, 1.807) is 6.07 Å². The van der Waals surface area contributed by atoms with Crippen LogP contribution >= 0.6 is 0 Å². The minimum Gasteiger partial charge on any atom is -0.504 e. The third-order valence-electron chi connectivity index (χ3n) is 9.19. The van der Waals surface area contributed by atoms with Gasteiger partial charge >= 0.3 is 0 Å². The van der Waals surface area contributed by atoms with Crippen LogP contribution in [0, 0.1) is 5.92 Å². The predicted octanol–water partition coefficient (Wildman–Crippen LogP) is 3.15. The van der Waals surface area contributed by atoms with Crippen LogP contribution in [0.25, 0.3) is 10.9 Å². The molecule has 2 aromatic carbocycles. The number of ether oxygens (including phenoxy) is 1. The number of likely N-dealkylation sites (tertiary alicyclic amines) is 1. The van der Waals surface area contributed by atoms with Crippen LogP contribution in [0.5, 0.6) is 11.5 Å². The first-order valence-corrected chi connectivity index (χ1v) is 11.9. The summed E-state index contributed by atoms with van der Waals surface area (Å²) in [5.74, 6) is 1.52. The lowest BCUT2D eigenvalue weighted by Gasteiger charge is -2.62. The quantitative estimate of drug-likeness (QED) is 0.470. The molecular weight excluding hydrogens is 402 g/mol. The van der Waals surface area contributed by atoms with Gasteiger partial charge in [0.05, 0.1) is 16.7 Å². The first kappa shape index (κ1) is 17.8. The number of phenols is 1. The van der Waals surface area contributed by atoms with E-state index in [-0.39, 0.29) is 17.9 Å². The molecule has 1 saturated carbocycles. The second kappa shape index (κ2) is 5.43. The first-order valence-electron chi connectivity index (χ1n) is 11.9. The number of aromatic hydroxyl groups is 1. The maximum atomic E-state index is 12.8. The standard InChI is InChI=1S/C26H27N3O3/c27-15-4-5-18-16(10-15)17-11-26(31)20-9-14-3-6-19(30)23-21(14)25(26,24(32-23)22(17)28-18)7-8-29(20)12-13-1-2-13/h3-6,10,13,20,24,28,30-31H,1-2,7-9,11-12,27H2/t20?,24-,25-,26+/m0/s1. The fourth-order valence-electron chi connectivity index (χ4n) is 7.64. The van der Waals surface area contributed by atoms with Crippen molar-refractivity contribution in [3.63, 3.8) is 0 Å². The Hall–Kier alpha value is -2.70. The van der Waals surface area contributed by atoms with Crippen molar-refractivity contribution in [1.29, 1.82) is 0 Å². The fraction of sp³-hybridized carbons (Fsp3) is 0.462. The number of benzene rings is 2. The number of anilines is 1. The number of piperidine rings is 1. The van der Waals surface area contributed by atoms with Crippen LogP contribution in [0.4, 0.5) is 5.69 Å². The fourth-order valence-corrected chi connectivity index (χ4v) is 7.64. The number of nitrogens with two attached hydrogens (primary N) is 1. The molecule has 1 spiro atoms. The van der Waals surface area contributed by atoms with E-state index in [1.165, 1.54) is 18.4 Å². The number of aromatic amines is 1. The predicted molar refractivity (Wildman–Crippen MR) is 121 cm³/mol. The molecule has 8 rings (SSSR count). The van der Waals surface area contributed by atoms with Gasteiger partial charge in [0.2, 0.25) is 0 Å². The number of hydrogen-bond donors (Lipinski definition) is 4. The van der Waals surface area contributed by atoms with Crippen LogP contribution in [0.2, 0.25) is 0 Å².